The van der Waals surface area contributed by atoms with Crippen LogP contribution in [-0.2, 0) is 9.59 Å². The van der Waals surface area contributed by atoms with Crippen LogP contribution in [0.2, 0.25) is 0 Å². The van der Waals surface area contributed by atoms with Crippen molar-refractivity contribution in [2.24, 2.45) is 11.3 Å². The Morgan fingerprint density at radius 2 is 1.80 bits per heavy atom. The highest BCUT2D eigenvalue weighted by atomic mass is 19.1. The molecule has 2 aliphatic rings. The van der Waals surface area contributed by atoms with Gasteiger partial charge >= 0.3 is 11.9 Å². The van der Waals surface area contributed by atoms with Crippen molar-refractivity contribution in [2.75, 3.05) is 0 Å². The molecule has 3 rings (SSSR count). The highest BCUT2D eigenvalue weighted by molar-refractivity contribution is 5.95. The zero-order chi connectivity index (χ0) is 18.4. The van der Waals surface area contributed by atoms with E-state index in [1.54, 1.807) is 19.9 Å². The Morgan fingerprint density at radius 3 is 2.24 bits per heavy atom. The average molecular weight is 344 g/mol. The van der Waals surface area contributed by atoms with Crippen LogP contribution in [-0.4, -0.2) is 22.2 Å². The van der Waals surface area contributed by atoms with Crippen LogP contribution < -0.4 is 0 Å². The summed E-state index contributed by atoms with van der Waals surface area (Å²) in [4.78, 5) is 24.4. The van der Waals surface area contributed by atoms with Crippen LogP contribution in [0.15, 0.2) is 47.1 Å². The van der Waals surface area contributed by atoms with Gasteiger partial charge < -0.3 is 10.2 Å². The number of rotatable bonds is 5. The molecule has 1 saturated carbocycles. The van der Waals surface area contributed by atoms with Crippen LogP contribution in [0.1, 0.15) is 44.6 Å². The van der Waals surface area contributed by atoms with Crippen molar-refractivity contribution in [1.29, 1.82) is 0 Å². The summed E-state index contributed by atoms with van der Waals surface area (Å²) in [6, 6.07) is 5.49. The first-order valence-corrected chi connectivity index (χ1v) is 8.48. The number of carboxylic acid groups (broad SMARTS) is 2. The molecular formula is C20H21FO4. The van der Waals surface area contributed by atoms with Crippen molar-refractivity contribution in [2.45, 2.75) is 39.0 Å². The van der Waals surface area contributed by atoms with Gasteiger partial charge in [0.1, 0.15) is 5.82 Å². The number of benzene rings is 1. The molecule has 1 aromatic carbocycles. The van der Waals surface area contributed by atoms with E-state index < -0.39 is 29.1 Å². The molecule has 2 unspecified atom stereocenters. The van der Waals surface area contributed by atoms with Crippen LogP contribution in [0.25, 0.3) is 0 Å². The molecular weight excluding hydrogens is 323 g/mol. The number of aliphatic carboxylic acids is 2. The van der Waals surface area contributed by atoms with E-state index in [1.807, 2.05) is 0 Å². The molecule has 25 heavy (non-hydrogen) atoms. The summed E-state index contributed by atoms with van der Waals surface area (Å²) >= 11 is 0. The molecule has 2 aliphatic carbocycles. The molecule has 0 amide bonds. The van der Waals surface area contributed by atoms with E-state index in [2.05, 4.69) is 0 Å². The van der Waals surface area contributed by atoms with Gasteiger partial charge in [-0.25, -0.2) is 9.18 Å². The van der Waals surface area contributed by atoms with E-state index in [0.717, 1.165) is 24.0 Å². The molecule has 0 saturated heterocycles. The van der Waals surface area contributed by atoms with Crippen LogP contribution in [0.3, 0.4) is 0 Å². The predicted octanol–water partition coefficient (Wildman–Crippen LogP) is 4.14. The molecule has 0 heterocycles. The Morgan fingerprint density at radius 1 is 1.20 bits per heavy atom. The maximum absolute atomic E-state index is 13.4. The number of carbonyl (C=O) groups is 2. The molecule has 1 aromatic rings. The van der Waals surface area contributed by atoms with Crippen molar-refractivity contribution in [3.05, 3.63) is 58.4 Å². The quantitative estimate of drug-likeness (QED) is 0.842. The first-order chi connectivity index (χ1) is 11.8. The number of allylic oxidation sites excluding steroid dienone is 2. The topological polar surface area (TPSA) is 74.6 Å². The largest absolute Gasteiger partial charge is 0.481 e. The lowest BCUT2D eigenvalue weighted by molar-refractivity contribution is -0.147. The average Bonchev–Trinajstić information content (AvgIpc) is 3.39. The minimum absolute atomic E-state index is 0.151. The smallest absolute Gasteiger partial charge is 0.332 e. The summed E-state index contributed by atoms with van der Waals surface area (Å²) in [5, 5.41) is 19.9. The number of hydrogen-bond acceptors (Lipinski definition) is 2. The number of hydrogen-bond donors (Lipinski definition) is 2. The monoisotopic (exact) mass is 344 g/mol. The second-order valence-corrected chi connectivity index (χ2v) is 6.92. The third-order valence-electron chi connectivity index (χ3n) is 5.40. The SMILES string of the molecule is CCC1(C(=O)O)C=C(C)C(C2CC2)=C(C(=O)O)C1c1ccc(F)cc1. The van der Waals surface area contributed by atoms with Crippen LogP contribution in [0.4, 0.5) is 4.39 Å². The maximum atomic E-state index is 13.4. The zero-order valence-electron chi connectivity index (χ0n) is 14.3. The summed E-state index contributed by atoms with van der Waals surface area (Å²) in [7, 11) is 0. The van der Waals surface area contributed by atoms with Crippen molar-refractivity contribution in [1.82, 2.24) is 0 Å². The summed E-state index contributed by atoms with van der Waals surface area (Å²) in [6.45, 7) is 3.54. The standard InChI is InChI=1S/C20H21FO4/c1-3-20(19(24)25)10-11(2)15(12-4-5-12)16(18(22)23)17(20)13-6-8-14(21)9-7-13/h6-10,12,17H,3-5H2,1-2H3,(H,22,23)(H,24,25). The second-order valence-electron chi connectivity index (χ2n) is 6.92. The van der Waals surface area contributed by atoms with E-state index in [9.17, 15) is 24.2 Å². The van der Waals surface area contributed by atoms with Gasteiger partial charge in [-0.05, 0) is 60.9 Å². The fourth-order valence-electron chi connectivity index (χ4n) is 4.09. The van der Waals surface area contributed by atoms with Crippen molar-refractivity contribution >= 4 is 11.9 Å². The van der Waals surface area contributed by atoms with Gasteiger partial charge in [-0.2, -0.15) is 0 Å². The van der Waals surface area contributed by atoms with Gasteiger partial charge in [0.2, 0.25) is 0 Å². The highest BCUT2D eigenvalue weighted by Crippen LogP contribution is 2.55. The van der Waals surface area contributed by atoms with Crippen LogP contribution in [0, 0.1) is 17.2 Å². The van der Waals surface area contributed by atoms with Gasteiger partial charge in [-0.15, -0.1) is 0 Å². The van der Waals surface area contributed by atoms with Gasteiger partial charge in [0.25, 0.3) is 0 Å². The minimum Gasteiger partial charge on any atom is -0.481 e. The molecule has 2 atom stereocenters. The predicted molar refractivity (Wildman–Crippen MR) is 90.6 cm³/mol. The third-order valence-corrected chi connectivity index (χ3v) is 5.40. The zero-order valence-corrected chi connectivity index (χ0v) is 14.3. The summed E-state index contributed by atoms with van der Waals surface area (Å²) < 4.78 is 13.4. The normalized spacial score (nSPS) is 26.4. The van der Waals surface area contributed by atoms with Gasteiger partial charge in [-0.1, -0.05) is 25.1 Å². The van der Waals surface area contributed by atoms with Gasteiger partial charge in [-0.3, -0.25) is 4.79 Å². The summed E-state index contributed by atoms with van der Waals surface area (Å²) in [5.41, 5.74) is 0.812. The van der Waals surface area contributed by atoms with E-state index in [-0.39, 0.29) is 17.9 Å². The molecule has 132 valence electrons. The van der Waals surface area contributed by atoms with E-state index in [0.29, 0.717) is 5.56 Å². The molecule has 5 heteroatoms. The Balaban J connectivity index is 2.30. The first kappa shape index (κ1) is 17.4. The van der Waals surface area contributed by atoms with E-state index >= 15 is 0 Å². The number of halogens is 1. The lowest BCUT2D eigenvalue weighted by Gasteiger charge is -2.40. The fraction of sp³-hybridized carbons (Fsp3) is 0.400. The minimum atomic E-state index is -1.35. The highest BCUT2D eigenvalue weighted by Gasteiger charge is 2.51. The second kappa shape index (κ2) is 6.14. The molecule has 0 aromatic heterocycles. The molecule has 4 nitrogen and oxygen atoms in total. The molecule has 0 spiro atoms. The Hall–Kier alpha value is -2.43. The molecule has 0 radical (unpaired) electrons. The Bertz CT molecular complexity index is 786. The van der Waals surface area contributed by atoms with Crippen molar-refractivity contribution < 1.29 is 24.2 Å². The molecule has 2 N–H and O–H groups in total. The van der Waals surface area contributed by atoms with Gasteiger partial charge in [0, 0.05) is 11.5 Å². The lowest BCUT2D eigenvalue weighted by Crippen LogP contribution is -2.40. The van der Waals surface area contributed by atoms with E-state index in [1.165, 1.54) is 24.3 Å². The maximum Gasteiger partial charge on any atom is 0.332 e. The Labute approximate surface area is 145 Å². The van der Waals surface area contributed by atoms with Gasteiger partial charge in [0.05, 0.1) is 5.41 Å². The van der Waals surface area contributed by atoms with E-state index in [4.69, 9.17) is 0 Å². The summed E-state index contributed by atoms with van der Waals surface area (Å²) in [6.07, 6.45) is 3.79. The van der Waals surface area contributed by atoms with Crippen LogP contribution in [0.5, 0.6) is 0 Å². The Kier molecular flexibility index (Phi) is 4.27. The van der Waals surface area contributed by atoms with Gasteiger partial charge in [0.15, 0.2) is 0 Å². The van der Waals surface area contributed by atoms with Crippen LogP contribution >= 0.6 is 0 Å². The summed E-state index contributed by atoms with van der Waals surface area (Å²) in [5.74, 6) is -3.26. The lowest BCUT2D eigenvalue weighted by atomic mass is 9.61. The molecule has 0 aliphatic heterocycles. The fourth-order valence-corrected chi connectivity index (χ4v) is 4.09. The van der Waals surface area contributed by atoms with Crippen molar-refractivity contribution in [3.63, 3.8) is 0 Å². The first-order valence-electron chi connectivity index (χ1n) is 8.48. The van der Waals surface area contributed by atoms with Crippen molar-refractivity contribution in [3.8, 4) is 0 Å². The molecule has 1 fully saturated rings. The third kappa shape index (κ3) is 2.77. The molecule has 0 bridgehead atoms. The number of carboxylic acids is 2.